The van der Waals surface area contributed by atoms with Crippen LogP contribution in [0.3, 0.4) is 0 Å². The van der Waals surface area contributed by atoms with Crippen LogP contribution >= 0.6 is 0 Å². The van der Waals surface area contributed by atoms with Gasteiger partial charge in [0, 0.05) is 17.4 Å². The molecule has 0 radical (unpaired) electrons. The maximum Gasteiger partial charge on any atom is 0.274 e. The van der Waals surface area contributed by atoms with Crippen molar-refractivity contribution in [1.82, 2.24) is 9.97 Å². The molecular weight excluding hydrogens is 300 g/mol. The normalized spacial score (nSPS) is 14.3. The van der Waals surface area contributed by atoms with Gasteiger partial charge in [-0.25, -0.2) is 9.97 Å². The second-order valence-corrected chi connectivity index (χ2v) is 7.42. The molecule has 0 aliphatic heterocycles. The molecule has 1 aromatic carbocycles. The minimum atomic E-state index is -0.220. The maximum absolute atomic E-state index is 12.5. The van der Waals surface area contributed by atoms with Crippen LogP contribution in [-0.4, -0.2) is 21.9 Å². The first-order chi connectivity index (χ1) is 11.3. The van der Waals surface area contributed by atoms with E-state index in [0.717, 1.165) is 24.2 Å². The fourth-order valence-corrected chi connectivity index (χ4v) is 2.41. The molecule has 2 aromatic rings. The Morgan fingerprint density at radius 3 is 2.38 bits per heavy atom. The van der Waals surface area contributed by atoms with Crippen molar-refractivity contribution in [1.29, 1.82) is 0 Å². The highest BCUT2D eigenvalue weighted by molar-refractivity contribution is 6.03. The van der Waals surface area contributed by atoms with Gasteiger partial charge in [-0.1, -0.05) is 32.9 Å². The first kappa shape index (κ1) is 16.4. The van der Waals surface area contributed by atoms with Crippen LogP contribution in [0.1, 0.15) is 55.4 Å². The Hall–Kier alpha value is -2.43. The SMILES string of the molecule is Cc1cc(C(=O)Nc2ccc(C(C)(C)C)cc2)nc(NC2CC2)n1. The molecule has 5 nitrogen and oxygen atoms in total. The Bertz CT molecular complexity index is 743. The number of amides is 1. The summed E-state index contributed by atoms with van der Waals surface area (Å²) in [6, 6.07) is 10.1. The van der Waals surface area contributed by atoms with Crippen molar-refractivity contribution in [2.45, 2.75) is 52.0 Å². The second kappa shape index (κ2) is 6.23. The number of aryl methyl sites for hydroxylation is 1. The van der Waals surface area contributed by atoms with Gasteiger partial charge in [-0.3, -0.25) is 4.79 Å². The third-order valence-electron chi connectivity index (χ3n) is 4.01. The summed E-state index contributed by atoms with van der Waals surface area (Å²) in [5.41, 5.74) is 3.25. The van der Waals surface area contributed by atoms with Crippen LogP contribution in [0.25, 0.3) is 0 Å². The van der Waals surface area contributed by atoms with Gasteiger partial charge >= 0.3 is 0 Å². The predicted molar refractivity (Wildman–Crippen MR) is 96.5 cm³/mol. The van der Waals surface area contributed by atoms with E-state index in [4.69, 9.17) is 0 Å². The van der Waals surface area contributed by atoms with E-state index in [0.29, 0.717) is 17.7 Å². The average molecular weight is 324 g/mol. The topological polar surface area (TPSA) is 66.9 Å². The Kier molecular flexibility index (Phi) is 4.26. The molecule has 3 rings (SSSR count). The van der Waals surface area contributed by atoms with Crippen molar-refractivity contribution < 1.29 is 4.79 Å². The Morgan fingerprint density at radius 1 is 1.12 bits per heavy atom. The van der Waals surface area contributed by atoms with E-state index in [2.05, 4.69) is 41.4 Å². The van der Waals surface area contributed by atoms with Gasteiger partial charge in [0.15, 0.2) is 0 Å². The minimum Gasteiger partial charge on any atom is -0.351 e. The summed E-state index contributed by atoms with van der Waals surface area (Å²) in [5.74, 6) is 0.314. The van der Waals surface area contributed by atoms with Crippen LogP contribution in [0.4, 0.5) is 11.6 Å². The van der Waals surface area contributed by atoms with E-state index >= 15 is 0 Å². The van der Waals surface area contributed by atoms with Crippen molar-refractivity contribution in [2.24, 2.45) is 0 Å². The van der Waals surface area contributed by atoms with Crippen molar-refractivity contribution >= 4 is 17.5 Å². The van der Waals surface area contributed by atoms with Crippen LogP contribution in [0.5, 0.6) is 0 Å². The van der Waals surface area contributed by atoms with E-state index in [1.165, 1.54) is 5.56 Å². The Balaban J connectivity index is 1.73. The summed E-state index contributed by atoms with van der Waals surface area (Å²) in [5, 5.41) is 6.14. The van der Waals surface area contributed by atoms with Crippen LogP contribution < -0.4 is 10.6 Å². The molecule has 5 heteroatoms. The van der Waals surface area contributed by atoms with E-state index in [1.807, 2.05) is 31.2 Å². The molecule has 1 heterocycles. The van der Waals surface area contributed by atoms with Gasteiger partial charge in [0.2, 0.25) is 5.95 Å². The molecule has 1 aromatic heterocycles. The molecule has 0 bridgehead atoms. The summed E-state index contributed by atoms with van der Waals surface area (Å²) < 4.78 is 0. The van der Waals surface area contributed by atoms with Gasteiger partial charge < -0.3 is 10.6 Å². The molecule has 1 aliphatic carbocycles. The summed E-state index contributed by atoms with van der Waals surface area (Å²) in [6.07, 6.45) is 2.28. The lowest BCUT2D eigenvalue weighted by molar-refractivity contribution is 0.102. The Labute approximate surface area is 142 Å². The van der Waals surface area contributed by atoms with E-state index < -0.39 is 0 Å². The lowest BCUT2D eigenvalue weighted by Crippen LogP contribution is -2.17. The standard InChI is InChI=1S/C19H24N4O/c1-12-11-16(23-18(20-12)22-15-9-10-15)17(24)21-14-7-5-13(6-8-14)19(2,3)4/h5-8,11,15H,9-10H2,1-4H3,(H,21,24)(H,20,22,23). The smallest absolute Gasteiger partial charge is 0.274 e. The van der Waals surface area contributed by atoms with Gasteiger partial charge in [0.1, 0.15) is 5.69 Å². The molecule has 0 saturated heterocycles. The number of hydrogen-bond donors (Lipinski definition) is 2. The molecule has 0 unspecified atom stereocenters. The van der Waals surface area contributed by atoms with Gasteiger partial charge in [-0.15, -0.1) is 0 Å². The zero-order chi connectivity index (χ0) is 17.3. The summed E-state index contributed by atoms with van der Waals surface area (Å²) in [6.45, 7) is 8.37. The second-order valence-electron chi connectivity index (χ2n) is 7.42. The molecule has 0 atom stereocenters. The van der Waals surface area contributed by atoms with E-state index in [1.54, 1.807) is 6.07 Å². The maximum atomic E-state index is 12.5. The number of carbonyl (C=O) groups is 1. The first-order valence-electron chi connectivity index (χ1n) is 8.35. The fraction of sp³-hybridized carbons (Fsp3) is 0.421. The number of aromatic nitrogens is 2. The highest BCUT2D eigenvalue weighted by Crippen LogP contribution is 2.24. The number of anilines is 2. The van der Waals surface area contributed by atoms with Crippen molar-refractivity contribution in [3.8, 4) is 0 Å². The third-order valence-corrected chi connectivity index (χ3v) is 4.01. The highest BCUT2D eigenvalue weighted by atomic mass is 16.1. The molecule has 1 amide bonds. The van der Waals surface area contributed by atoms with Crippen molar-refractivity contribution in [3.63, 3.8) is 0 Å². The zero-order valence-electron chi connectivity index (χ0n) is 14.7. The van der Waals surface area contributed by atoms with Crippen LogP contribution in [0.15, 0.2) is 30.3 Å². The highest BCUT2D eigenvalue weighted by Gasteiger charge is 2.22. The summed E-state index contributed by atoms with van der Waals surface area (Å²) >= 11 is 0. The van der Waals surface area contributed by atoms with Crippen molar-refractivity contribution in [2.75, 3.05) is 10.6 Å². The lowest BCUT2D eigenvalue weighted by atomic mass is 9.87. The zero-order valence-corrected chi connectivity index (χ0v) is 14.7. The average Bonchev–Trinajstić information content (AvgIpc) is 3.30. The fourth-order valence-electron chi connectivity index (χ4n) is 2.41. The van der Waals surface area contributed by atoms with E-state index in [9.17, 15) is 4.79 Å². The largest absolute Gasteiger partial charge is 0.351 e. The van der Waals surface area contributed by atoms with Gasteiger partial charge in [-0.05, 0) is 48.9 Å². The monoisotopic (exact) mass is 324 g/mol. The number of nitrogens with one attached hydrogen (secondary N) is 2. The summed E-state index contributed by atoms with van der Waals surface area (Å²) in [7, 11) is 0. The Morgan fingerprint density at radius 2 is 1.79 bits per heavy atom. The molecule has 24 heavy (non-hydrogen) atoms. The number of rotatable bonds is 4. The molecule has 2 N–H and O–H groups in total. The molecule has 0 spiro atoms. The lowest BCUT2D eigenvalue weighted by Gasteiger charge is -2.19. The first-order valence-corrected chi connectivity index (χ1v) is 8.35. The molecular formula is C19H24N4O. The number of hydrogen-bond acceptors (Lipinski definition) is 4. The minimum absolute atomic E-state index is 0.0929. The number of carbonyl (C=O) groups excluding carboxylic acids is 1. The van der Waals surface area contributed by atoms with Crippen LogP contribution in [0.2, 0.25) is 0 Å². The van der Waals surface area contributed by atoms with Crippen LogP contribution in [-0.2, 0) is 5.41 Å². The van der Waals surface area contributed by atoms with Crippen LogP contribution in [0, 0.1) is 6.92 Å². The quantitative estimate of drug-likeness (QED) is 0.895. The van der Waals surface area contributed by atoms with Gasteiger partial charge in [0.05, 0.1) is 0 Å². The third kappa shape index (κ3) is 4.10. The van der Waals surface area contributed by atoms with Gasteiger partial charge in [-0.2, -0.15) is 0 Å². The van der Waals surface area contributed by atoms with E-state index in [-0.39, 0.29) is 11.3 Å². The van der Waals surface area contributed by atoms with Crippen molar-refractivity contribution in [3.05, 3.63) is 47.3 Å². The number of nitrogens with zero attached hydrogens (tertiary/aromatic N) is 2. The molecule has 1 aliphatic rings. The molecule has 126 valence electrons. The van der Waals surface area contributed by atoms with Gasteiger partial charge in [0.25, 0.3) is 5.91 Å². The molecule has 1 fully saturated rings. The number of benzene rings is 1. The summed E-state index contributed by atoms with van der Waals surface area (Å²) in [4.78, 5) is 21.1. The molecule has 1 saturated carbocycles. The predicted octanol–water partition coefficient (Wildman–Crippen LogP) is 3.91.